The Morgan fingerprint density at radius 1 is 1.25 bits per heavy atom. The molecule has 0 aromatic heterocycles. The zero-order valence-corrected chi connectivity index (χ0v) is 10.9. The summed E-state index contributed by atoms with van der Waals surface area (Å²) in [5.74, 6) is -1.46. The molecule has 2 rings (SSSR count). The van der Waals surface area contributed by atoms with E-state index in [-0.39, 0.29) is 18.7 Å². The van der Waals surface area contributed by atoms with Gasteiger partial charge in [-0.2, -0.15) is 0 Å². The van der Waals surface area contributed by atoms with Crippen molar-refractivity contribution in [1.82, 2.24) is 4.90 Å². The van der Waals surface area contributed by atoms with Gasteiger partial charge in [0.1, 0.15) is 12.2 Å². The van der Waals surface area contributed by atoms with Gasteiger partial charge in [-0.15, -0.1) is 0 Å². The molecule has 1 heterocycles. The fourth-order valence-corrected chi connectivity index (χ4v) is 1.73. The largest absolute Gasteiger partial charge is 0.465 e. The van der Waals surface area contributed by atoms with Gasteiger partial charge in [-0.05, 0) is 11.6 Å². The van der Waals surface area contributed by atoms with Gasteiger partial charge in [0.15, 0.2) is 0 Å². The number of ether oxygens (including phenoxy) is 2. The zero-order chi connectivity index (χ0) is 14.5. The summed E-state index contributed by atoms with van der Waals surface area (Å²) in [7, 11) is 1.17. The lowest BCUT2D eigenvalue weighted by atomic mass is 10.2. The van der Waals surface area contributed by atoms with Crippen molar-refractivity contribution >= 4 is 18.0 Å². The molecule has 0 saturated heterocycles. The van der Waals surface area contributed by atoms with Gasteiger partial charge in [-0.3, -0.25) is 4.79 Å². The van der Waals surface area contributed by atoms with E-state index in [4.69, 9.17) is 4.74 Å². The molecule has 0 radical (unpaired) electrons. The lowest BCUT2D eigenvalue weighted by Crippen LogP contribution is -2.35. The second-order valence-electron chi connectivity index (χ2n) is 4.07. The third-order valence-corrected chi connectivity index (χ3v) is 2.78. The van der Waals surface area contributed by atoms with E-state index in [1.807, 2.05) is 18.2 Å². The van der Waals surface area contributed by atoms with Crippen molar-refractivity contribution in [1.29, 1.82) is 0 Å². The van der Waals surface area contributed by atoms with Crippen LogP contribution in [0.5, 0.6) is 0 Å². The molecule has 0 fully saturated rings. The molecule has 0 atom stereocenters. The van der Waals surface area contributed by atoms with Crippen LogP contribution in [0.3, 0.4) is 0 Å². The smallest absolute Gasteiger partial charge is 0.417 e. The van der Waals surface area contributed by atoms with Crippen molar-refractivity contribution < 1.29 is 23.9 Å². The molecule has 20 heavy (non-hydrogen) atoms. The van der Waals surface area contributed by atoms with E-state index in [1.54, 1.807) is 12.1 Å². The quantitative estimate of drug-likeness (QED) is 0.613. The third kappa shape index (κ3) is 2.85. The van der Waals surface area contributed by atoms with Crippen LogP contribution in [0.15, 0.2) is 42.0 Å². The van der Waals surface area contributed by atoms with Crippen LogP contribution < -0.4 is 0 Å². The Labute approximate surface area is 115 Å². The number of amides is 2. The van der Waals surface area contributed by atoms with Crippen molar-refractivity contribution in [2.45, 2.75) is 6.61 Å². The molecule has 1 aromatic carbocycles. The molecule has 0 N–H and O–H groups in total. The predicted octanol–water partition coefficient (Wildman–Crippen LogP) is 1.26. The molecular formula is C14H13NO5. The summed E-state index contributed by atoms with van der Waals surface area (Å²) in [6.07, 6.45) is 0.562. The molecule has 0 aliphatic carbocycles. The first-order valence-corrected chi connectivity index (χ1v) is 5.94. The van der Waals surface area contributed by atoms with E-state index >= 15 is 0 Å². The molecule has 0 saturated carbocycles. The van der Waals surface area contributed by atoms with Gasteiger partial charge in [0.25, 0.3) is 5.91 Å². The Kier molecular flexibility index (Phi) is 4.14. The minimum atomic E-state index is -0.783. The van der Waals surface area contributed by atoms with Gasteiger partial charge in [0.05, 0.1) is 13.7 Å². The average Bonchev–Trinajstić information content (AvgIpc) is 2.87. The first-order chi connectivity index (χ1) is 9.63. The van der Waals surface area contributed by atoms with Crippen LogP contribution >= 0.6 is 0 Å². The van der Waals surface area contributed by atoms with Crippen molar-refractivity contribution in [2.75, 3.05) is 13.7 Å². The number of hydrogen-bond acceptors (Lipinski definition) is 5. The first kappa shape index (κ1) is 13.8. The Balaban J connectivity index is 1.92. The van der Waals surface area contributed by atoms with Crippen molar-refractivity contribution in [3.05, 3.63) is 47.5 Å². The fraction of sp³-hybridized carbons (Fsp3) is 0.214. The topological polar surface area (TPSA) is 72.9 Å². The molecule has 2 amide bonds. The maximum Gasteiger partial charge on any atom is 0.417 e. The number of carbonyl (C=O) groups is 3. The zero-order valence-electron chi connectivity index (χ0n) is 10.9. The number of hydrogen-bond donors (Lipinski definition) is 0. The minimum absolute atomic E-state index is 0.0108. The summed E-state index contributed by atoms with van der Waals surface area (Å²) >= 11 is 0. The molecule has 0 unspecified atom stereocenters. The molecule has 6 heteroatoms. The third-order valence-electron chi connectivity index (χ3n) is 2.78. The van der Waals surface area contributed by atoms with Crippen LogP contribution in [0.2, 0.25) is 0 Å². The van der Waals surface area contributed by atoms with Crippen LogP contribution in [-0.2, 0) is 25.7 Å². The second kappa shape index (κ2) is 6.01. The van der Waals surface area contributed by atoms with E-state index in [0.717, 1.165) is 10.5 Å². The molecule has 6 nitrogen and oxygen atoms in total. The van der Waals surface area contributed by atoms with Crippen molar-refractivity contribution in [3.63, 3.8) is 0 Å². The number of benzene rings is 1. The Hall–Kier alpha value is -2.63. The molecule has 0 spiro atoms. The molecule has 1 aliphatic rings. The normalized spacial score (nSPS) is 13.9. The molecule has 0 bridgehead atoms. The maximum atomic E-state index is 11.8. The number of imide groups is 1. The summed E-state index contributed by atoms with van der Waals surface area (Å²) in [5.41, 5.74) is 0.665. The summed E-state index contributed by atoms with van der Waals surface area (Å²) in [5, 5.41) is 0. The van der Waals surface area contributed by atoms with E-state index in [0.29, 0.717) is 0 Å². The summed E-state index contributed by atoms with van der Waals surface area (Å²) < 4.78 is 9.48. The van der Waals surface area contributed by atoms with Gasteiger partial charge < -0.3 is 9.47 Å². The highest BCUT2D eigenvalue weighted by atomic mass is 16.6. The van der Waals surface area contributed by atoms with Crippen LogP contribution in [0.25, 0.3) is 0 Å². The second-order valence-corrected chi connectivity index (χ2v) is 4.07. The van der Waals surface area contributed by atoms with Crippen LogP contribution in [0.4, 0.5) is 4.79 Å². The van der Waals surface area contributed by atoms with E-state index in [2.05, 4.69) is 4.74 Å². The van der Waals surface area contributed by atoms with Crippen molar-refractivity contribution in [2.24, 2.45) is 0 Å². The lowest BCUT2D eigenvalue weighted by Gasteiger charge is -2.14. The Morgan fingerprint density at radius 2 is 1.95 bits per heavy atom. The van der Waals surface area contributed by atoms with Crippen LogP contribution in [-0.4, -0.2) is 36.5 Å². The Bertz CT molecular complexity index is 564. The highest BCUT2D eigenvalue weighted by molar-refractivity contribution is 6.21. The van der Waals surface area contributed by atoms with Gasteiger partial charge in [-0.1, -0.05) is 30.3 Å². The number of esters is 1. The summed E-state index contributed by atoms with van der Waals surface area (Å²) in [6, 6.07) is 9.10. The Morgan fingerprint density at radius 3 is 2.60 bits per heavy atom. The highest BCUT2D eigenvalue weighted by Crippen LogP contribution is 2.14. The fourth-order valence-electron chi connectivity index (χ4n) is 1.73. The van der Waals surface area contributed by atoms with Gasteiger partial charge >= 0.3 is 12.1 Å². The van der Waals surface area contributed by atoms with Gasteiger partial charge in [-0.25, -0.2) is 14.5 Å². The number of rotatable bonds is 3. The number of methoxy groups -OCH3 is 1. The summed E-state index contributed by atoms with van der Waals surface area (Å²) in [4.78, 5) is 35.7. The van der Waals surface area contributed by atoms with Gasteiger partial charge in [0.2, 0.25) is 0 Å². The molecular weight excluding hydrogens is 262 g/mol. The molecule has 1 aliphatic heterocycles. The van der Waals surface area contributed by atoms with Gasteiger partial charge in [0, 0.05) is 0 Å². The van der Waals surface area contributed by atoms with E-state index < -0.39 is 18.0 Å². The predicted molar refractivity (Wildman–Crippen MR) is 68.4 cm³/mol. The lowest BCUT2D eigenvalue weighted by molar-refractivity contribution is -0.138. The maximum absolute atomic E-state index is 11.8. The van der Waals surface area contributed by atoms with E-state index in [1.165, 1.54) is 13.2 Å². The van der Waals surface area contributed by atoms with E-state index in [9.17, 15) is 14.4 Å². The molecule has 1 aromatic rings. The van der Waals surface area contributed by atoms with Crippen molar-refractivity contribution in [3.8, 4) is 0 Å². The number of nitrogens with zero attached hydrogens (tertiary/aromatic N) is 1. The highest BCUT2D eigenvalue weighted by Gasteiger charge is 2.34. The summed E-state index contributed by atoms with van der Waals surface area (Å²) in [6.45, 7) is 0.0773. The van der Waals surface area contributed by atoms with Crippen LogP contribution in [0, 0.1) is 0 Å². The average molecular weight is 275 g/mol. The SMILES string of the molecule is COC(=O)C1=CCN(C(=O)OCc2ccccc2)C1=O. The monoisotopic (exact) mass is 275 g/mol. The minimum Gasteiger partial charge on any atom is -0.465 e. The standard InChI is InChI=1S/C14H13NO5/c1-19-13(17)11-7-8-15(12(11)16)14(18)20-9-10-5-3-2-4-6-10/h2-7H,8-9H2,1H3. The van der Waals surface area contributed by atoms with Crippen LogP contribution in [0.1, 0.15) is 5.56 Å². The first-order valence-electron chi connectivity index (χ1n) is 5.94. The number of carbonyl (C=O) groups excluding carboxylic acids is 3. The molecule has 104 valence electrons.